The highest BCUT2D eigenvalue weighted by molar-refractivity contribution is 7.15. The second-order valence-corrected chi connectivity index (χ2v) is 9.43. The Morgan fingerprint density at radius 1 is 1.26 bits per heavy atom. The van der Waals surface area contributed by atoms with Crippen molar-refractivity contribution in [2.24, 2.45) is 0 Å². The van der Waals surface area contributed by atoms with Gasteiger partial charge in [0.05, 0.1) is 11.4 Å². The van der Waals surface area contributed by atoms with Crippen molar-refractivity contribution >= 4 is 27.3 Å². The van der Waals surface area contributed by atoms with Crippen molar-refractivity contribution in [1.29, 1.82) is 0 Å². The molecule has 0 spiro atoms. The normalized spacial score (nSPS) is 16.1. The Hall–Kier alpha value is -2.58. The van der Waals surface area contributed by atoms with Gasteiger partial charge in [0.15, 0.2) is 10.5 Å². The first-order valence-corrected chi connectivity index (χ1v) is 11.6. The van der Waals surface area contributed by atoms with E-state index in [2.05, 4.69) is 34.3 Å². The average Bonchev–Trinajstić information content (AvgIpc) is 3.36. The lowest BCUT2D eigenvalue weighted by molar-refractivity contribution is 0.211. The molecule has 1 saturated heterocycles. The number of piperidine rings is 1. The fourth-order valence-electron chi connectivity index (χ4n) is 4.39. The second kappa shape index (κ2) is 8.16. The van der Waals surface area contributed by atoms with Gasteiger partial charge in [-0.2, -0.15) is 0 Å². The summed E-state index contributed by atoms with van der Waals surface area (Å²) in [5.41, 5.74) is 3.35. The molecule has 0 atom stereocenters. The molecule has 0 amide bonds. The van der Waals surface area contributed by atoms with Gasteiger partial charge in [-0.15, -0.1) is 11.3 Å². The topological polar surface area (TPSA) is 63.6 Å². The Balaban J connectivity index is 1.24. The zero-order valence-electron chi connectivity index (χ0n) is 17.7. The van der Waals surface area contributed by atoms with Gasteiger partial charge in [-0.25, -0.2) is 9.37 Å². The highest BCUT2D eigenvalue weighted by Gasteiger charge is 2.25. The molecule has 0 saturated carbocycles. The fourth-order valence-corrected chi connectivity index (χ4v) is 5.32. The third kappa shape index (κ3) is 3.90. The number of hydrogen-bond donors (Lipinski definition) is 0. The molecule has 4 heterocycles. The van der Waals surface area contributed by atoms with Crippen LogP contribution in [0.25, 0.3) is 15.9 Å². The summed E-state index contributed by atoms with van der Waals surface area (Å²) >= 11 is 1.53. The standard InChI is InChI=1S/C23H25FN4O2S/c1-14(2)19-12-21(29)28-17(13-31-23(28)25-19)7-10-27-8-5-15(6-9-27)22-18-4-3-16(24)11-20(18)30-26-22/h3-4,11-15H,5-10H2,1-2H3. The van der Waals surface area contributed by atoms with Crippen LogP contribution in [0.1, 0.15) is 55.6 Å². The zero-order valence-corrected chi connectivity index (χ0v) is 18.5. The first kappa shape index (κ1) is 20.3. The third-order valence-corrected chi connectivity index (χ3v) is 7.08. The van der Waals surface area contributed by atoms with Gasteiger partial charge < -0.3 is 9.42 Å². The Labute approximate surface area is 183 Å². The van der Waals surface area contributed by atoms with E-state index in [-0.39, 0.29) is 17.3 Å². The summed E-state index contributed by atoms with van der Waals surface area (Å²) in [4.78, 5) is 20.5. The third-order valence-electron chi connectivity index (χ3n) is 6.21. The first-order chi connectivity index (χ1) is 15.0. The number of thiazole rings is 1. The van der Waals surface area contributed by atoms with Crippen LogP contribution in [-0.2, 0) is 6.42 Å². The van der Waals surface area contributed by atoms with Crippen LogP contribution in [-0.4, -0.2) is 39.1 Å². The SMILES string of the molecule is CC(C)c1cc(=O)n2c(CCN3CCC(c4noc5cc(F)ccc45)CC3)csc2n1. The monoisotopic (exact) mass is 440 g/mol. The Bertz CT molecular complexity index is 1280. The number of halogens is 1. The van der Waals surface area contributed by atoms with Crippen LogP contribution in [0.15, 0.2) is 39.0 Å². The van der Waals surface area contributed by atoms with Crippen LogP contribution in [0.3, 0.4) is 0 Å². The van der Waals surface area contributed by atoms with Crippen LogP contribution in [0, 0.1) is 5.82 Å². The molecule has 0 N–H and O–H groups in total. The summed E-state index contributed by atoms with van der Waals surface area (Å²) in [5, 5.41) is 7.20. The van der Waals surface area contributed by atoms with Crippen LogP contribution >= 0.6 is 11.3 Å². The molecule has 1 aliphatic rings. The molecule has 5 rings (SSSR count). The van der Waals surface area contributed by atoms with Crippen molar-refractivity contribution in [3.8, 4) is 0 Å². The first-order valence-electron chi connectivity index (χ1n) is 10.8. The molecule has 1 fully saturated rings. The van der Waals surface area contributed by atoms with Crippen LogP contribution in [0.4, 0.5) is 4.39 Å². The second-order valence-electron chi connectivity index (χ2n) is 8.59. The summed E-state index contributed by atoms with van der Waals surface area (Å²) < 4.78 is 20.5. The number of aromatic nitrogens is 3. The number of rotatable bonds is 5. The molecule has 162 valence electrons. The summed E-state index contributed by atoms with van der Waals surface area (Å²) in [5.74, 6) is 0.261. The molecule has 8 heteroatoms. The van der Waals surface area contributed by atoms with E-state index in [9.17, 15) is 9.18 Å². The fraction of sp³-hybridized carbons (Fsp3) is 0.435. The number of benzene rings is 1. The number of nitrogens with zero attached hydrogens (tertiary/aromatic N) is 4. The van der Waals surface area contributed by atoms with Crippen molar-refractivity contribution < 1.29 is 8.91 Å². The van der Waals surface area contributed by atoms with E-state index in [1.54, 1.807) is 16.5 Å². The van der Waals surface area contributed by atoms with E-state index in [4.69, 9.17) is 4.52 Å². The van der Waals surface area contributed by atoms with Gasteiger partial charge in [-0.1, -0.05) is 19.0 Å². The summed E-state index contributed by atoms with van der Waals surface area (Å²) in [6.07, 6.45) is 2.80. The molecule has 1 aromatic carbocycles. The largest absolute Gasteiger partial charge is 0.356 e. The van der Waals surface area contributed by atoms with Crippen molar-refractivity contribution in [1.82, 2.24) is 19.4 Å². The lowest BCUT2D eigenvalue weighted by atomic mass is 9.91. The van der Waals surface area contributed by atoms with Crippen molar-refractivity contribution in [2.75, 3.05) is 19.6 Å². The van der Waals surface area contributed by atoms with E-state index in [1.807, 2.05) is 0 Å². The maximum atomic E-state index is 13.4. The smallest absolute Gasteiger partial charge is 0.258 e. The van der Waals surface area contributed by atoms with Gasteiger partial charge in [0.1, 0.15) is 5.82 Å². The van der Waals surface area contributed by atoms with Gasteiger partial charge in [0.25, 0.3) is 5.56 Å². The van der Waals surface area contributed by atoms with E-state index >= 15 is 0 Å². The van der Waals surface area contributed by atoms with Crippen molar-refractivity contribution in [3.05, 3.63) is 62.9 Å². The van der Waals surface area contributed by atoms with Crippen molar-refractivity contribution in [2.45, 2.75) is 44.9 Å². The maximum absolute atomic E-state index is 13.4. The molecular formula is C23H25FN4O2S. The van der Waals surface area contributed by atoms with E-state index in [0.717, 1.165) is 66.3 Å². The minimum absolute atomic E-state index is 0.0120. The van der Waals surface area contributed by atoms with Crippen molar-refractivity contribution in [3.63, 3.8) is 0 Å². The highest BCUT2D eigenvalue weighted by atomic mass is 32.1. The van der Waals surface area contributed by atoms with Gasteiger partial charge >= 0.3 is 0 Å². The Morgan fingerprint density at radius 2 is 2.06 bits per heavy atom. The van der Waals surface area contributed by atoms with Crippen LogP contribution in [0.2, 0.25) is 0 Å². The molecule has 4 aromatic rings. The summed E-state index contributed by atoms with van der Waals surface area (Å²) in [6, 6.07) is 6.28. The minimum Gasteiger partial charge on any atom is -0.356 e. The molecule has 31 heavy (non-hydrogen) atoms. The van der Waals surface area contributed by atoms with Gasteiger partial charge in [-0.05, 0) is 44.0 Å². The summed E-state index contributed by atoms with van der Waals surface area (Å²) in [6.45, 7) is 6.94. The van der Waals surface area contributed by atoms with Gasteiger partial charge in [0, 0.05) is 47.5 Å². The quantitative estimate of drug-likeness (QED) is 0.454. The molecule has 0 aliphatic carbocycles. The number of likely N-dealkylation sites (tertiary alicyclic amines) is 1. The maximum Gasteiger partial charge on any atom is 0.258 e. The predicted molar refractivity (Wildman–Crippen MR) is 120 cm³/mol. The van der Waals surface area contributed by atoms with E-state index in [1.165, 1.54) is 23.5 Å². The van der Waals surface area contributed by atoms with Gasteiger partial charge in [-0.3, -0.25) is 9.20 Å². The molecule has 0 bridgehead atoms. The molecular weight excluding hydrogens is 415 g/mol. The Kier molecular flexibility index (Phi) is 5.35. The zero-order chi connectivity index (χ0) is 21.5. The van der Waals surface area contributed by atoms with Crippen LogP contribution < -0.4 is 5.56 Å². The number of fused-ring (bicyclic) bond motifs is 2. The minimum atomic E-state index is -0.305. The van der Waals surface area contributed by atoms with Crippen LogP contribution in [0.5, 0.6) is 0 Å². The number of hydrogen-bond acceptors (Lipinski definition) is 6. The lowest BCUT2D eigenvalue weighted by Gasteiger charge is -2.31. The highest BCUT2D eigenvalue weighted by Crippen LogP contribution is 2.32. The molecule has 6 nitrogen and oxygen atoms in total. The Morgan fingerprint density at radius 3 is 2.84 bits per heavy atom. The average molecular weight is 441 g/mol. The van der Waals surface area contributed by atoms with E-state index < -0.39 is 0 Å². The molecule has 0 unspecified atom stereocenters. The molecule has 3 aromatic heterocycles. The summed E-state index contributed by atoms with van der Waals surface area (Å²) in [7, 11) is 0. The lowest BCUT2D eigenvalue weighted by Crippen LogP contribution is -2.35. The molecule has 0 radical (unpaired) electrons. The predicted octanol–water partition coefficient (Wildman–Crippen LogP) is 4.58. The van der Waals surface area contributed by atoms with Gasteiger partial charge in [0.2, 0.25) is 0 Å². The van der Waals surface area contributed by atoms with E-state index in [0.29, 0.717) is 11.5 Å². The molecule has 1 aliphatic heterocycles.